The average Bonchev–Trinajstić information content (AvgIpc) is 2.39. The number of hydrogen-bond donors (Lipinski definition) is 1. The first kappa shape index (κ1) is 13.7. The van der Waals surface area contributed by atoms with Crippen molar-refractivity contribution in [3.63, 3.8) is 0 Å². The second-order valence-electron chi connectivity index (χ2n) is 4.96. The van der Waals surface area contributed by atoms with Crippen molar-refractivity contribution in [2.75, 3.05) is 18.0 Å². The summed E-state index contributed by atoms with van der Waals surface area (Å²) in [5, 5.41) is 11.0. The fourth-order valence-corrected chi connectivity index (χ4v) is 2.61. The maximum absolute atomic E-state index is 13.1. The third-order valence-corrected chi connectivity index (χ3v) is 3.79. The number of halogens is 1. The Morgan fingerprint density at radius 3 is 2.95 bits per heavy atom. The predicted molar refractivity (Wildman–Crippen MR) is 71.6 cm³/mol. The van der Waals surface area contributed by atoms with Gasteiger partial charge in [0.25, 0.3) is 5.69 Å². The molecule has 6 heteroatoms. The maximum atomic E-state index is 13.1. The average molecular weight is 267 g/mol. The van der Waals surface area contributed by atoms with Crippen LogP contribution in [0, 0.1) is 21.8 Å². The molecule has 2 atom stereocenters. The van der Waals surface area contributed by atoms with Crippen molar-refractivity contribution in [3.05, 3.63) is 34.1 Å². The molecule has 104 valence electrons. The molecular formula is C13H18FN3O2. The number of piperidine rings is 1. The Hall–Kier alpha value is -1.69. The molecule has 1 fully saturated rings. The molecule has 0 aliphatic carbocycles. The van der Waals surface area contributed by atoms with Gasteiger partial charge in [0.1, 0.15) is 11.5 Å². The van der Waals surface area contributed by atoms with Crippen LogP contribution in [0.1, 0.15) is 19.8 Å². The number of nitrogens with zero attached hydrogens (tertiary/aromatic N) is 2. The van der Waals surface area contributed by atoms with E-state index < -0.39 is 10.7 Å². The highest BCUT2D eigenvalue weighted by Gasteiger charge is 2.29. The first-order valence-electron chi connectivity index (χ1n) is 6.47. The predicted octanol–water partition coefficient (Wildman–Crippen LogP) is 2.30. The summed E-state index contributed by atoms with van der Waals surface area (Å²) in [5.41, 5.74) is 6.34. The lowest BCUT2D eigenvalue weighted by molar-refractivity contribution is -0.384. The third kappa shape index (κ3) is 2.84. The number of nitro groups is 1. The topological polar surface area (TPSA) is 72.4 Å². The van der Waals surface area contributed by atoms with E-state index in [0.717, 1.165) is 18.9 Å². The first-order chi connectivity index (χ1) is 9.02. The quantitative estimate of drug-likeness (QED) is 0.673. The molecule has 1 saturated heterocycles. The third-order valence-electron chi connectivity index (χ3n) is 3.79. The monoisotopic (exact) mass is 267 g/mol. The van der Waals surface area contributed by atoms with Gasteiger partial charge in [0.05, 0.1) is 11.0 Å². The lowest BCUT2D eigenvalue weighted by atomic mass is 9.90. The van der Waals surface area contributed by atoms with Crippen LogP contribution in [0.15, 0.2) is 18.2 Å². The van der Waals surface area contributed by atoms with E-state index in [1.807, 2.05) is 4.90 Å². The summed E-state index contributed by atoms with van der Waals surface area (Å²) in [5.74, 6) is -0.269. The van der Waals surface area contributed by atoms with Crippen molar-refractivity contribution >= 4 is 11.4 Å². The van der Waals surface area contributed by atoms with Gasteiger partial charge in [0, 0.05) is 19.1 Å². The van der Waals surface area contributed by atoms with Crippen LogP contribution in [0.5, 0.6) is 0 Å². The van der Waals surface area contributed by atoms with Gasteiger partial charge >= 0.3 is 0 Å². The van der Waals surface area contributed by atoms with Crippen LogP contribution in [0.4, 0.5) is 15.8 Å². The molecule has 1 aromatic carbocycles. The molecule has 2 N–H and O–H groups in total. The minimum absolute atomic E-state index is 0.140. The Bertz CT molecular complexity index is 481. The largest absolute Gasteiger partial charge is 0.366 e. The van der Waals surface area contributed by atoms with Gasteiger partial charge in [-0.25, -0.2) is 4.39 Å². The second-order valence-corrected chi connectivity index (χ2v) is 4.96. The molecule has 1 heterocycles. The van der Waals surface area contributed by atoms with Crippen LogP contribution in [0.2, 0.25) is 0 Å². The summed E-state index contributed by atoms with van der Waals surface area (Å²) in [7, 11) is 0. The van der Waals surface area contributed by atoms with Crippen LogP contribution < -0.4 is 10.6 Å². The molecule has 1 aliphatic rings. The van der Waals surface area contributed by atoms with Crippen molar-refractivity contribution in [2.45, 2.75) is 25.8 Å². The van der Waals surface area contributed by atoms with Crippen molar-refractivity contribution in [1.29, 1.82) is 0 Å². The lowest BCUT2D eigenvalue weighted by Gasteiger charge is -2.37. The Morgan fingerprint density at radius 2 is 2.32 bits per heavy atom. The molecule has 0 bridgehead atoms. The SMILES string of the molecule is CCC1CN(c2ccc(F)cc2[N+](=O)[O-])CCC1N. The molecule has 2 unspecified atom stereocenters. The summed E-state index contributed by atoms with van der Waals surface area (Å²) in [6.07, 6.45) is 1.74. The zero-order valence-corrected chi connectivity index (χ0v) is 10.9. The summed E-state index contributed by atoms with van der Waals surface area (Å²) >= 11 is 0. The number of rotatable bonds is 3. The van der Waals surface area contributed by atoms with E-state index in [1.54, 1.807) is 0 Å². The summed E-state index contributed by atoms with van der Waals surface area (Å²) < 4.78 is 13.1. The minimum atomic E-state index is -0.587. The maximum Gasteiger partial charge on any atom is 0.295 e. The van der Waals surface area contributed by atoms with Crippen LogP contribution >= 0.6 is 0 Å². The highest BCUT2D eigenvalue weighted by atomic mass is 19.1. The molecule has 0 radical (unpaired) electrons. The smallest absolute Gasteiger partial charge is 0.295 e. The molecule has 5 nitrogen and oxygen atoms in total. The van der Waals surface area contributed by atoms with Crippen molar-refractivity contribution in [2.24, 2.45) is 11.7 Å². The van der Waals surface area contributed by atoms with E-state index in [-0.39, 0.29) is 11.7 Å². The molecule has 0 saturated carbocycles. The van der Waals surface area contributed by atoms with Gasteiger partial charge in [-0.1, -0.05) is 13.3 Å². The number of benzene rings is 1. The molecule has 0 amide bonds. The van der Waals surface area contributed by atoms with Gasteiger partial charge in [-0.05, 0) is 24.5 Å². The van der Waals surface area contributed by atoms with Crippen molar-refractivity contribution in [3.8, 4) is 0 Å². The van der Waals surface area contributed by atoms with E-state index >= 15 is 0 Å². The van der Waals surface area contributed by atoms with Gasteiger partial charge in [-0.3, -0.25) is 10.1 Å². The normalized spacial score (nSPS) is 23.4. The van der Waals surface area contributed by atoms with E-state index in [1.165, 1.54) is 12.1 Å². The molecular weight excluding hydrogens is 249 g/mol. The van der Waals surface area contributed by atoms with Crippen LogP contribution in [0.3, 0.4) is 0 Å². The van der Waals surface area contributed by atoms with Crippen LogP contribution in [-0.2, 0) is 0 Å². The lowest BCUT2D eigenvalue weighted by Crippen LogP contribution is -2.47. The minimum Gasteiger partial charge on any atom is -0.366 e. The highest BCUT2D eigenvalue weighted by Crippen LogP contribution is 2.32. The van der Waals surface area contributed by atoms with E-state index in [0.29, 0.717) is 24.7 Å². The van der Waals surface area contributed by atoms with Crippen LogP contribution in [0.25, 0.3) is 0 Å². The molecule has 0 spiro atoms. The Labute approximate surface area is 111 Å². The number of anilines is 1. The van der Waals surface area contributed by atoms with E-state index in [2.05, 4.69) is 6.92 Å². The van der Waals surface area contributed by atoms with E-state index in [9.17, 15) is 14.5 Å². The number of nitro benzene ring substituents is 1. The van der Waals surface area contributed by atoms with Gasteiger partial charge in [-0.2, -0.15) is 0 Å². The summed E-state index contributed by atoms with van der Waals surface area (Å²) in [6, 6.07) is 3.86. The molecule has 19 heavy (non-hydrogen) atoms. The Balaban J connectivity index is 2.29. The summed E-state index contributed by atoms with van der Waals surface area (Å²) in [4.78, 5) is 12.4. The number of hydrogen-bond acceptors (Lipinski definition) is 4. The fraction of sp³-hybridized carbons (Fsp3) is 0.538. The fourth-order valence-electron chi connectivity index (χ4n) is 2.61. The van der Waals surface area contributed by atoms with Gasteiger partial charge in [0.15, 0.2) is 0 Å². The molecule has 1 aromatic rings. The molecule has 0 aromatic heterocycles. The molecule has 1 aliphatic heterocycles. The zero-order valence-electron chi connectivity index (χ0n) is 10.9. The standard InChI is InChI=1S/C13H18FN3O2/c1-2-9-8-16(6-5-11(9)15)12-4-3-10(14)7-13(12)17(18)19/h3-4,7,9,11H,2,5-6,8,15H2,1H3. The van der Waals surface area contributed by atoms with Crippen molar-refractivity contribution < 1.29 is 9.31 Å². The Morgan fingerprint density at radius 1 is 1.58 bits per heavy atom. The van der Waals surface area contributed by atoms with E-state index in [4.69, 9.17) is 5.73 Å². The zero-order chi connectivity index (χ0) is 14.0. The van der Waals surface area contributed by atoms with Gasteiger partial charge < -0.3 is 10.6 Å². The highest BCUT2D eigenvalue weighted by molar-refractivity contribution is 5.63. The van der Waals surface area contributed by atoms with Crippen LogP contribution in [-0.4, -0.2) is 24.1 Å². The van der Waals surface area contributed by atoms with Gasteiger partial charge in [0.2, 0.25) is 0 Å². The second kappa shape index (κ2) is 5.52. The summed E-state index contributed by atoms with van der Waals surface area (Å²) in [6.45, 7) is 3.42. The number of nitrogens with two attached hydrogens (primary N) is 1. The first-order valence-corrected chi connectivity index (χ1v) is 6.47. The van der Waals surface area contributed by atoms with Gasteiger partial charge in [-0.15, -0.1) is 0 Å². The molecule has 2 rings (SSSR count). The Kier molecular flexibility index (Phi) is 3.99. The van der Waals surface area contributed by atoms with Crippen molar-refractivity contribution in [1.82, 2.24) is 0 Å².